The van der Waals surface area contributed by atoms with Gasteiger partial charge in [0.2, 0.25) is 0 Å². The predicted molar refractivity (Wildman–Crippen MR) is 78.5 cm³/mol. The lowest BCUT2D eigenvalue weighted by Crippen LogP contribution is -2.38. The molecule has 0 bridgehead atoms. The molecule has 1 fully saturated rings. The van der Waals surface area contributed by atoms with Crippen molar-refractivity contribution < 1.29 is 5.11 Å². The molecule has 20 heavy (non-hydrogen) atoms. The summed E-state index contributed by atoms with van der Waals surface area (Å²) in [4.78, 5) is 4.29. The highest BCUT2D eigenvalue weighted by atomic mass is 16.3. The smallest absolute Gasteiger partial charge is 0.0957 e. The number of imidazole rings is 1. The molecule has 2 aromatic rings. The van der Waals surface area contributed by atoms with E-state index in [0.29, 0.717) is 0 Å². The molecule has 1 aromatic carbocycles. The number of nitrogens with zero attached hydrogens (tertiary/aromatic N) is 2. The SMILES string of the molecule is OC1(C2c3ccccc3-c3cncn32)CCCCCC1. The first-order valence-corrected chi connectivity index (χ1v) is 7.63. The molecule has 1 aliphatic heterocycles. The Balaban J connectivity index is 1.85. The minimum absolute atomic E-state index is 0.0364. The average Bonchev–Trinajstić information content (AvgIpc) is 2.96. The summed E-state index contributed by atoms with van der Waals surface area (Å²) in [6.45, 7) is 0. The quantitative estimate of drug-likeness (QED) is 0.803. The van der Waals surface area contributed by atoms with E-state index in [1.807, 2.05) is 12.5 Å². The molecule has 4 rings (SSSR count). The Kier molecular flexibility index (Phi) is 2.71. The molecule has 2 aliphatic rings. The Morgan fingerprint density at radius 1 is 1.10 bits per heavy atom. The molecule has 0 radical (unpaired) electrons. The van der Waals surface area contributed by atoms with Gasteiger partial charge in [-0.15, -0.1) is 0 Å². The number of hydrogen-bond acceptors (Lipinski definition) is 2. The fourth-order valence-electron chi connectivity index (χ4n) is 4.00. The summed E-state index contributed by atoms with van der Waals surface area (Å²) in [6, 6.07) is 8.48. The Hall–Kier alpha value is -1.61. The molecule has 1 atom stereocenters. The maximum absolute atomic E-state index is 11.3. The highest BCUT2D eigenvalue weighted by Gasteiger charge is 2.43. The van der Waals surface area contributed by atoms with Crippen LogP contribution < -0.4 is 0 Å². The van der Waals surface area contributed by atoms with Gasteiger partial charge in [-0.25, -0.2) is 4.98 Å². The zero-order valence-corrected chi connectivity index (χ0v) is 11.6. The van der Waals surface area contributed by atoms with Crippen LogP contribution in [-0.4, -0.2) is 20.3 Å². The highest BCUT2D eigenvalue weighted by Crippen LogP contribution is 2.48. The molecule has 0 saturated heterocycles. The van der Waals surface area contributed by atoms with Crippen LogP contribution in [0.15, 0.2) is 36.8 Å². The number of fused-ring (bicyclic) bond motifs is 3. The van der Waals surface area contributed by atoms with Crippen LogP contribution in [0.3, 0.4) is 0 Å². The first-order valence-electron chi connectivity index (χ1n) is 7.63. The van der Waals surface area contributed by atoms with Gasteiger partial charge in [-0.2, -0.15) is 0 Å². The van der Waals surface area contributed by atoms with Crippen LogP contribution in [0.25, 0.3) is 11.3 Å². The van der Waals surface area contributed by atoms with Crippen molar-refractivity contribution in [2.45, 2.75) is 50.2 Å². The average molecular weight is 268 g/mol. The van der Waals surface area contributed by atoms with Crippen molar-refractivity contribution in [1.82, 2.24) is 9.55 Å². The number of rotatable bonds is 1. The maximum Gasteiger partial charge on any atom is 0.0957 e. The Labute approximate surface area is 119 Å². The van der Waals surface area contributed by atoms with Gasteiger partial charge in [0.25, 0.3) is 0 Å². The molecule has 2 heterocycles. The standard InChI is InChI=1S/C17H20N2O/c20-17(9-5-1-2-6-10-17)16-14-8-4-3-7-13(14)15-11-18-12-19(15)16/h3-4,7-8,11-12,16,20H,1-2,5-6,9-10H2. The third-order valence-corrected chi connectivity index (χ3v) is 4.95. The van der Waals surface area contributed by atoms with Crippen LogP contribution in [0.5, 0.6) is 0 Å². The van der Waals surface area contributed by atoms with Gasteiger partial charge < -0.3 is 9.67 Å². The number of benzene rings is 1. The van der Waals surface area contributed by atoms with Crippen molar-refractivity contribution in [3.05, 3.63) is 42.4 Å². The molecule has 1 aromatic heterocycles. The van der Waals surface area contributed by atoms with E-state index < -0.39 is 5.60 Å². The van der Waals surface area contributed by atoms with Crippen molar-refractivity contribution >= 4 is 0 Å². The molecule has 104 valence electrons. The van der Waals surface area contributed by atoms with E-state index in [1.54, 1.807) is 0 Å². The van der Waals surface area contributed by atoms with Crippen LogP contribution in [0.2, 0.25) is 0 Å². The molecule has 1 unspecified atom stereocenters. The Morgan fingerprint density at radius 3 is 2.65 bits per heavy atom. The van der Waals surface area contributed by atoms with Gasteiger partial charge in [0, 0.05) is 5.56 Å². The number of aromatic nitrogens is 2. The van der Waals surface area contributed by atoms with Gasteiger partial charge >= 0.3 is 0 Å². The second-order valence-electron chi connectivity index (χ2n) is 6.19. The van der Waals surface area contributed by atoms with Crippen molar-refractivity contribution in [1.29, 1.82) is 0 Å². The Morgan fingerprint density at radius 2 is 1.85 bits per heavy atom. The number of hydrogen-bond donors (Lipinski definition) is 1. The van der Waals surface area contributed by atoms with E-state index >= 15 is 0 Å². The van der Waals surface area contributed by atoms with Crippen LogP contribution in [-0.2, 0) is 0 Å². The van der Waals surface area contributed by atoms with Crippen molar-refractivity contribution in [3.63, 3.8) is 0 Å². The fourth-order valence-corrected chi connectivity index (χ4v) is 4.00. The first-order chi connectivity index (χ1) is 9.80. The zero-order chi connectivity index (χ0) is 13.6. The largest absolute Gasteiger partial charge is 0.387 e. The van der Waals surface area contributed by atoms with Crippen molar-refractivity contribution in [2.75, 3.05) is 0 Å². The molecular weight excluding hydrogens is 248 g/mol. The topological polar surface area (TPSA) is 38.1 Å². The lowest BCUT2D eigenvalue weighted by molar-refractivity contribution is -0.00976. The van der Waals surface area contributed by atoms with E-state index in [4.69, 9.17) is 0 Å². The van der Waals surface area contributed by atoms with Crippen LogP contribution in [0.1, 0.15) is 50.1 Å². The molecule has 1 aliphatic carbocycles. The lowest BCUT2D eigenvalue weighted by atomic mass is 9.82. The monoisotopic (exact) mass is 268 g/mol. The highest BCUT2D eigenvalue weighted by molar-refractivity contribution is 5.69. The minimum Gasteiger partial charge on any atom is -0.387 e. The first kappa shape index (κ1) is 12.2. The van der Waals surface area contributed by atoms with E-state index in [9.17, 15) is 5.11 Å². The molecule has 3 nitrogen and oxygen atoms in total. The normalized spacial score (nSPS) is 23.9. The maximum atomic E-state index is 11.3. The van der Waals surface area contributed by atoms with Crippen LogP contribution in [0, 0.1) is 0 Å². The molecule has 0 amide bonds. The third-order valence-electron chi connectivity index (χ3n) is 4.95. The summed E-state index contributed by atoms with van der Waals surface area (Å²) in [7, 11) is 0. The summed E-state index contributed by atoms with van der Waals surface area (Å²) in [6.07, 6.45) is 10.3. The summed E-state index contributed by atoms with van der Waals surface area (Å²) in [5.74, 6) is 0. The van der Waals surface area contributed by atoms with Gasteiger partial charge in [0.1, 0.15) is 0 Å². The molecular formula is C17H20N2O. The fraction of sp³-hybridized carbons (Fsp3) is 0.471. The summed E-state index contributed by atoms with van der Waals surface area (Å²) < 4.78 is 2.18. The molecule has 1 saturated carbocycles. The number of aliphatic hydroxyl groups is 1. The Bertz CT molecular complexity index is 623. The van der Waals surface area contributed by atoms with E-state index in [1.165, 1.54) is 24.0 Å². The third kappa shape index (κ3) is 1.66. The van der Waals surface area contributed by atoms with E-state index in [-0.39, 0.29) is 6.04 Å². The summed E-state index contributed by atoms with van der Waals surface area (Å²) in [5.41, 5.74) is 3.00. The summed E-state index contributed by atoms with van der Waals surface area (Å²) >= 11 is 0. The van der Waals surface area contributed by atoms with Gasteiger partial charge in [0.05, 0.1) is 29.9 Å². The zero-order valence-electron chi connectivity index (χ0n) is 11.6. The second kappa shape index (κ2) is 4.45. The lowest BCUT2D eigenvalue weighted by Gasteiger charge is -2.35. The van der Waals surface area contributed by atoms with E-state index in [0.717, 1.165) is 31.4 Å². The molecule has 3 heteroatoms. The molecule has 1 N–H and O–H groups in total. The van der Waals surface area contributed by atoms with E-state index in [2.05, 4.69) is 33.8 Å². The van der Waals surface area contributed by atoms with Crippen molar-refractivity contribution in [2.24, 2.45) is 0 Å². The van der Waals surface area contributed by atoms with Gasteiger partial charge in [-0.05, 0) is 18.4 Å². The van der Waals surface area contributed by atoms with Crippen molar-refractivity contribution in [3.8, 4) is 11.3 Å². The van der Waals surface area contributed by atoms with Gasteiger partial charge in [-0.3, -0.25) is 0 Å². The summed E-state index contributed by atoms with van der Waals surface area (Å²) in [5, 5.41) is 11.3. The van der Waals surface area contributed by atoms with Crippen LogP contribution >= 0.6 is 0 Å². The van der Waals surface area contributed by atoms with Gasteiger partial charge in [0.15, 0.2) is 0 Å². The second-order valence-corrected chi connectivity index (χ2v) is 6.19. The minimum atomic E-state index is -0.626. The molecule has 0 spiro atoms. The van der Waals surface area contributed by atoms with Gasteiger partial charge in [-0.1, -0.05) is 49.9 Å². The van der Waals surface area contributed by atoms with Crippen LogP contribution in [0.4, 0.5) is 0 Å². The predicted octanol–water partition coefficient (Wildman–Crippen LogP) is 3.54.